The molecule has 2 atom stereocenters. The second-order valence-electron chi connectivity index (χ2n) is 10.0. The van der Waals surface area contributed by atoms with Crippen molar-refractivity contribution < 1.29 is 28.7 Å². The Hall–Kier alpha value is -3.43. The molecule has 0 aromatic heterocycles. The number of amides is 5. The van der Waals surface area contributed by atoms with Crippen LogP contribution >= 0.6 is 0 Å². The summed E-state index contributed by atoms with van der Waals surface area (Å²) < 4.78 is 5.24. The van der Waals surface area contributed by atoms with Crippen LogP contribution in [-0.2, 0) is 23.9 Å². The normalized spacial score (nSPS) is 27.1. The first kappa shape index (κ1) is 23.3. The van der Waals surface area contributed by atoms with Crippen LogP contribution in [0.1, 0.15) is 58.3 Å². The van der Waals surface area contributed by atoms with E-state index in [1.165, 1.54) is 4.90 Å². The lowest BCUT2D eigenvalue weighted by atomic mass is 9.73. The molecule has 0 radical (unpaired) electrons. The van der Waals surface area contributed by atoms with Crippen molar-refractivity contribution in [2.24, 2.45) is 5.92 Å². The standard InChI is InChI=1S/C25H30N4O6/c1-16-8-4-5-13-25(16)22(33)28(23(34)27-25)14-20(31)35-15-19(30)29-18-10-3-2-9-17(18)26-21(32)24(29)11-6-7-12-24/h2-3,9-10,16H,4-8,11-15H2,1H3,(H,26,32)(H,27,34). The molecule has 3 fully saturated rings. The molecule has 2 heterocycles. The third kappa shape index (κ3) is 3.66. The Morgan fingerprint density at radius 3 is 2.51 bits per heavy atom. The minimum Gasteiger partial charge on any atom is -0.454 e. The van der Waals surface area contributed by atoms with E-state index in [9.17, 15) is 24.0 Å². The molecule has 10 nitrogen and oxygen atoms in total. The van der Waals surface area contributed by atoms with Gasteiger partial charge in [-0.1, -0.05) is 44.7 Å². The summed E-state index contributed by atoms with van der Waals surface area (Å²) in [5.74, 6) is -2.04. The first-order valence-corrected chi connectivity index (χ1v) is 12.3. The maximum Gasteiger partial charge on any atom is 0.326 e. The summed E-state index contributed by atoms with van der Waals surface area (Å²) in [5.41, 5.74) is -0.879. The first-order chi connectivity index (χ1) is 16.8. The van der Waals surface area contributed by atoms with Crippen LogP contribution in [0.2, 0.25) is 0 Å². The van der Waals surface area contributed by atoms with E-state index in [2.05, 4.69) is 10.6 Å². The number of carbonyl (C=O) groups excluding carboxylic acids is 5. The highest BCUT2D eigenvalue weighted by Crippen LogP contribution is 2.45. The van der Waals surface area contributed by atoms with Crippen molar-refractivity contribution in [3.05, 3.63) is 24.3 Å². The molecule has 35 heavy (non-hydrogen) atoms. The van der Waals surface area contributed by atoms with E-state index >= 15 is 0 Å². The molecule has 2 aliphatic carbocycles. The summed E-state index contributed by atoms with van der Waals surface area (Å²) in [4.78, 5) is 66.9. The number of carbonyl (C=O) groups is 5. The predicted molar refractivity (Wildman–Crippen MR) is 125 cm³/mol. The molecule has 2 saturated carbocycles. The molecular formula is C25H30N4O6. The Balaban J connectivity index is 1.28. The number of imide groups is 1. The van der Waals surface area contributed by atoms with Gasteiger partial charge in [-0.3, -0.25) is 29.0 Å². The summed E-state index contributed by atoms with van der Waals surface area (Å²) in [7, 11) is 0. The molecule has 1 saturated heterocycles. The van der Waals surface area contributed by atoms with Gasteiger partial charge in [0.1, 0.15) is 17.6 Å². The van der Waals surface area contributed by atoms with Gasteiger partial charge in [0.15, 0.2) is 6.61 Å². The minimum atomic E-state index is -1.01. The lowest BCUT2D eigenvalue weighted by Gasteiger charge is -2.44. The van der Waals surface area contributed by atoms with Gasteiger partial charge >= 0.3 is 12.0 Å². The van der Waals surface area contributed by atoms with Gasteiger partial charge in [-0.2, -0.15) is 0 Å². The molecule has 10 heteroatoms. The van der Waals surface area contributed by atoms with Crippen molar-refractivity contribution in [3.63, 3.8) is 0 Å². The van der Waals surface area contributed by atoms with Crippen molar-refractivity contribution in [2.75, 3.05) is 23.4 Å². The van der Waals surface area contributed by atoms with Crippen LogP contribution in [0.3, 0.4) is 0 Å². The second kappa shape index (κ2) is 8.66. The van der Waals surface area contributed by atoms with Crippen molar-refractivity contribution in [3.8, 4) is 0 Å². The number of rotatable bonds is 4. The van der Waals surface area contributed by atoms with Crippen LogP contribution in [-0.4, -0.2) is 58.9 Å². The van der Waals surface area contributed by atoms with Gasteiger partial charge in [0.05, 0.1) is 11.4 Å². The van der Waals surface area contributed by atoms with E-state index in [1.807, 2.05) is 6.92 Å². The number of esters is 1. The Kier molecular flexibility index (Phi) is 5.77. The van der Waals surface area contributed by atoms with Crippen LogP contribution in [0.25, 0.3) is 0 Å². The van der Waals surface area contributed by atoms with Gasteiger partial charge in [0.2, 0.25) is 0 Å². The quantitative estimate of drug-likeness (QED) is 0.501. The summed E-state index contributed by atoms with van der Waals surface area (Å²) in [5, 5.41) is 5.70. The molecule has 0 bridgehead atoms. The smallest absolute Gasteiger partial charge is 0.326 e. The van der Waals surface area contributed by atoms with Gasteiger partial charge in [-0.25, -0.2) is 4.79 Å². The Morgan fingerprint density at radius 1 is 1.06 bits per heavy atom. The zero-order valence-electron chi connectivity index (χ0n) is 19.8. The average molecular weight is 483 g/mol. The third-order valence-corrected chi connectivity index (χ3v) is 8.07. The van der Waals surface area contributed by atoms with Crippen molar-refractivity contribution in [2.45, 2.75) is 69.4 Å². The van der Waals surface area contributed by atoms with Crippen LogP contribution in [0, 0.1) is 5.92 Å². The number of nitrogens with one attached hydrogen (secondary N) is 2. The number of hydrogen-bond donors (Lipinski definition) is 2. The van der Waals surface area contributed by atoms with Crippen LogP contribution in [0.15, 0.2) is 24.3 Å². The summed E-state index contributed by atoms with van der Waals surface area (Å²) in [6.07, 6.45) is 5.86. The molecule has 2 N–H and O–H groups in total. The maximum absolute atomic E-state index is 13.3. The zero-order valence-corrected chi connectivity index (χ0v) is 19.8. The number of hydrogen-bond acceptors (Lipinski definition) is 6. The van der Waals surface area contributed by atoms with Gasteiger partial charge in [0.25, 0.3) is 17.7 Å². The molecule has 2 unspecified atom stereocenters. The van der Waals surface area contributed by atoms with Gasteiger partial charge in [-0.05, 0) is 43.7 Å². The lowest BCUT2D eigenvalue weighted by Crippen LogP contribution is -2.61. The number of ether oxygens (including phenoxy) is 1. The van der Waals surface area contributed by atoms with Gasteiger partial charge in [0, 0.05) is 0 Å². The predicted octanol–water partition coefficient (Wildman–Crippen LogP) is 2.33. The molecule has 5 amide bonds. The second-order valence-corrected chi connectivity index (χ2v) is 10.0. The summed E-state index contributed by atoms with van der Waals surface area (Å²) in [6, 6.07) is 6.42. The molecule has 2 spiro atoms. The number of anilines is 2. The van der Waals surface area contributed by atoms with Gasteiger partial charge in [-0.15, -0.1) is 0 Å². The van der Waals surface area contributed by atoms with Crippen molar-refractivity contribution in [1.82, 2.24) is 10.2 Å². The largest absolute Gasteiger partial charge is 0.454 e. The fraction of sp³-hybridized carbons (Fsp3) is 0.560. The third-order valence-electron chi connectivity index (χ3n) is 8.07. The van der Waals surface area contributed by atoms with Crippen molar-refractivity contribution >= 4 is 41.1 Å². The Labute approximate surface area is 203 Å². The van der Waals surface area contributed by atoms with E-state index in [1.54, 1.807) is 24.3 Å². The average Bonchev–Trinajstić information content (AvgIpc) is 3.41. The summed E-state index contributed by atoms with van der Waals surface area (Å²) in [6.45, 7) is 0.783. The lowest BCUT2D eigenvalue weighted by molar-refractivity contribution is -0.151. The zero-order chi connectivity index (χ0) is 24.8. The van der Waals surface area contributed by atoms with Crippen LogP contribution < -0.4 is 15.5 Å². The van der Waals surface area contributed by atoms with Crippen molar-refractivity contribution in [1.29, 1.82) is 0 Å². The first-order valence-electron chi connectivity index (χ1n) is 12.3. The highest BCUT2D eigenvalue weighted by atomic mass is 16.5. The van der Waals surface area contributed by atoms with E-state index in [4.69, 9.17) is 4.74 Å². The number of fused-ring (bicyclic) bond motifs is 1. The van der Waals surface area contributed by atoms with E-state index < -0.39 is 48.0 Å². The SMILES string of the molecule is CC1CCCCC12NC(=O)N(CC(=O)OCC(=O)N1c3ccccc3NC(=O)C13CCCC3)C2=O. The van der Waals surface area contributed by atoms with Gasteiger partial charge < -0.3 is 15.4 Å². The number of benzene rings is 1. The van der Waals surface area contributed by atoms with Crippen LogP contribution in [0.5, 0.6) is 0 Å². The molecule has 1 aromatic rings. The molecule has 186 valence electrons. The monoisotopic (exact) mass is 482 g/mol. The topological polar surface area (TPSA) is 125 Å². The minimum absolute atomic E-state index is 0.0248. The fourth-order valence-electron chi connectivity index (χ4n) is 6.15. The summed E-state index contributed by atoms with van der Waals surface area (Å²) >= 11 is 0. The van der Waals surface area contributed by atoms with E-state index in [-0.39, 0.29) is 11.8 Å². The number of para-hydroxylation sites is 2. The highest BCUT2D eigenvalue weighted by molar-refractivity contribution is 6.15. The molecule has 5 rings (SSSR count). The molecule has 4 aliphatic rings. The molecule has 1 aromatic carbocycles. The Morgan fingerprint density at radius 2 is 1.77 bits per heavy atom. The van der Waals surface area contributed by atoms with E-state index in [0.717, 1.165) is 37.0 Å². The van der Waals surface area contributed by atoms with Crippen LogP contribution in [0.4, 0.5) is 16.2 Å². The highest BCUT2D eigenvalue weighted by Gasteiger charge is 2.55. The molecule has 2 aliphatic heterocycles. The fourth-order valence-corrected chi connectivity index (χ4v) is 6.15. The Bertz CT molecular complexity index is 1100. The number of urea groups is 1. The van der Waals surface area contributed by atoms with E-state index in [0.29, 0.717) is 30.6 Å². The number of nitrogens with zero attached hydrogens (tertiary/aromatic N) is 2. The maximum atomic E-state index is 13.3. The molecular weight excluding hydrogens is 452 g/mol.